The largest absolute Gasteiger partial charge is 0.227 e. The van der Waals surface area contributed by atoms with Crippen LogP contribution in [-0.4, -0.2) is 8.42 Å². The van der Waals surface area contributed by atoms with Crippen molar-refractivity contribution in [2.75, 3.05) is 0 Å². The first-order valence-corrected chi connectivity index (χ1v) is 4.44. The number of thiol groups is 1. The van der Waals surface area contributed by atoms with Gasteiger partial charge in [0, 0.05) is 0 Å². The Morgan fingerprint density at radius 3 is 2.64 bits per heavy atom. The van der Waals surface area contributed by atoms with Gasteiger partial charge in [-0.15, -0.1) is 0 Å². The zero-order valence-corrected chi connectivity index (χ0v) is 6.88. The second-order valence-electron chi connectivity index (χ2n) is 2.18. The molecule has 0 aromatic heterocycles. The molecule has 0 saturated carbocycles. The van der Waals surface area contributed by atoms with E-state index in [9.17, 15) is 8.42 Å². The predicted molar refractivity (Wildman–Crippen MR) is 44.1 cm³/mol. The first-order chi connectivity index (χ1) is 5.24. The molecule has 3 heteroatoms. The zero-order chi connectivity index (χ0) is 8.27. The highest BCUT2D eigenvalue weighted by Crippen LogP contribution is 2.06. The van der Waals surface area contributed by atoms with E-state index in [2.05, 4.69) is 6.92 Å². The summed E-state index contributed by atoms with van der Waals surface area (Å²) in [5.74, 6) is 0. The van der Waals surface area contributed by atoms with Crippen molar-refractivity contribution in [2.24, 2.45) is 0 Å². The first kappa shape index (κ1) is 8.27. The number of hydrogen-bond acceptors (Lipinski definition) is 2. The Labute approximate surface area is 67.8 Å². The van der Waals surface area contributed by atoms with Gasteiger partial charge in [-0.25, -0.2) is 8.42 Å². The Kier molecular flexibility index (Phi) is 2.65. The van der Waals surface area contributed by atoms with Gasteiger partial charge >= 0.3 is 0 Å². The molecule has 0 unspecified atom stereocenters. The van der Waals surface area contributed by atoms with E-state index >= 15 is 0 Å². The predicted octanol–water partition coefficient (Wildman–Crippen LogP) is 1.03. The van der Waals surface area contributed by atoms with Crippen LogP contribution in [-0.2, 0) is 17.1 Å². The molecule has 2 nitrogen and oxygen atoms in total. The highest BCUT2D eigenvalue weighted by molar-refractivity contribution is 7.72. The molecule has 0 aliphatic heterocycles. The van der Waals surface area contributed by atoms with Crippen LogP contribution in [0.2, 0.25) is 0 Å². The molecule has 0 saturated heterocycles. The van der Waals surface area contributed by atoms with Crippen LogP contribution in [0, 0.1) is 6.92 Å². The fourth-order valence-electron chi connectivity index (χ4n) is 0.826. The SMILES string of the molecule is [CH2]Cc1cccc([SH](=O)=O)c1. The van der Waals surface area contributed by atoms with Crippen molar-refractivity contribution >= 4 is 10.7 Å². The van der Waals surface area contributed by atoms with Crippen LogP contribution in [0.15, 0.2) is 29.2 Å². The van der Waals surface area contributed by atoms with Gasteiger partial charge in [-0.1, -0.05) is 12.1 Å². The average Bonchev–Trinajstić information content (AvgIpc) is 2.05. The first-order valence-electron chi connectivity index (χ1n) is 3.26. The quantitative estimate of drug-likeness (QED) is 0.671. The molecule has 0 spiro atoms. The summed E-state index contributed by atoms with van der Waals surface area (Å²) < 4.78 is 21.0. The summed E-state index contributed by atoms with van der Waals surface area (Å²) in [6, 6.07) is 6.79. The molecule has 0 amide bonds. The summed E-state index contributed by atoms with van der Waals surface area (Å²) in [5.41, 5.74) is 0.946. The van der Waals surface area contributed by atoms with Crippen LogP contribution >= 0.6 is 0 Å². The smallest absolute Gasteiger partial charge is 0.168 e. The maximum absolute atomic E-state index is 10.5. The molecule has 1 aromatic rings. The molecule has 1 rings (SSSR count). The maximum Gasteiger partial charge on any atom is 0.168 e. The summed E-state index contributed by atoms with van der Waals surface area (Å²) in [6.45, 7) is 3.66. The van der Waals surface area contributed by atoms with Gasteiger partial charge in [0.2, 0.25) is 0 Å². The lowest BCUT2D eigenvalue weighted by atomic mass is 10.2. The topological polar surface area (TPSA) is 34.1 Å². The van der Waals surface area contributed by atoms with Crippen LogP contribution in [0.5, 0.6) is 0 Å². The Morgan fingerprint density at radius 2 is 2.09 bits per heavy atom. The van der Waals surface area contributed by atoms with E-state index in [0.29, 0.717) is 11.3 Å². The van der Waals surface area contributed by atoms with E-state index in [0.717, 1.165) is 5.56 Å². The van der Waals surface area contributed by atoms with E-state index in [1.54, 1.807) is 18.2 Å². The Hall–Kier alpha value is -0.830. The molecule has 0 atom stereocenters. The van der Waals surface area contributed by atoms with Gasteiger partial charge in [0.15, 0.2) is 10.7 Å². The molecular weight excluding hydrogens is 160 g/mol. The minimum atomic E-state index is -2.45. The Morgan fingerprint density at radius 1 is 1.36 bits per heavy atom. The number of hydrogen-bond donors (Lipinski definition) is 1. The molecule has 0 fully saturated rings. The normalized spacial score (nSPS) is 10.4. The lowest BCUT2D eigenvalue weighted by Gasteiger charge is -1.95. The molecular formula is C8H9O2S. The van der Waals surface area contributed by atoms with Crippen LogP contribution in [0.1, 0.15) is 5.56 Å². The van der Waals surface area contributed by atoms with Gasteiger partial charge in [0.1, 0.15) is 0 Å². The van der Waals surface area contributed by atoms with Gasteiger partial charge < -0.3 is 0 Å². The van der Waals surface area contributed by atoms with Crippen LogP contribution in [0.25, 0.3) is 0 Å². The summed E-state index contributed by atoms with van der Waals surface area (Å²) >= 11 is 0. The summed E-state index contributed by atoms with van der Waals surface area (Å²) in [6.07, 6.45) is 0.622. The van der Waals surface area contributed by atoms with Crippen LogP contribution in [0.3, 0.4) is 0 Å². The molecule has 0 heterocycles. The molecule has 0 N–H and O–H groups in total. The average molecular weight is 169 g/mol. The molecule has 0 aliphatic rings. The lowest BCUT2D eigenvalue weighted by molar-refractivity contribution is 0.614. The third-order valence-corrected chi connectivity index (χ3v) is 2.11. The van der Waals surface area contributed by atoms with Crippen molar-refractivity contribution in [3.63, 3.8) is 0 Å². The Balaban J connectivity index is 3.10. The molecule has 11 heavy (non-hydrogen) atoms. The van der Waals surface area contributed by atoms with E-state index in [4.69, 9.17) is 0 Å². The summed E-state index contributed by atoms with van der Waals surface area (Å²) in [5, 5.41) is 0. The van der Waals surface area contributed by atoms with E-state index in [-0.39, 0.29) is 0 Å². The van der Waals surface area contributed by atoms with E-state index in [1.165, 1.54) is 0 Å². The fraction of sp³-hybridized carbons (Fsp3) is 0.125. The van der Waals surface area contributed by atoms with E-state index in [1.807, 2.05) is 6.07 Å². The van der Waals surface area contributed by atoms with Gasteiger partial charge in [-0.05, 0) is 31.0 Å². The van der Waals surface area contributed by atoms with Crippen molar-refractivity contribution in [1.29, 1.82) is 0 Å². The van der Waals surface area contributed by atoms with Crippen LogP contribution in [0.4, 0.5) is 0 Å². The molecule has 0 bridgehead atoms. The highest BCUT2D eigenvalue weighted by Gasteiger charge is 1.94. The minimum Gasteiger partial charge on any atom is -0.227 e. The monoisotopic (exact) mass is 169 g/mol. The van der Waals surface area contributed by atoms with Gasteiger partial charge in [0.05, 0.1) is 4.90 Å². The van der Waals surface area contributed by atoms with E-state index < -0.39 is 10.7 Å². The molecule has 1 radical (unpaired) electrons. The molecule has 59 valence electrons. The number of rotatable bonds is 2. The lowest BCUT2D eigenvalue weighted by Crippen LogP contribution is -1.83. The number of benzene rings is 1. The fourth-order valence-corrected chi connectivity index (χ4v) is 1.30. The Bertz CT molecular complexity index is 308. The van der Waals surface area contributed by atoms with Crippen molar-refractivity contribution in [3.05, 3.63) is 36.8 Å². The standard InChI is InChI=1S/C8H9O2S/c1-2-7-4-3-5-8(6-7)11(9)10/h3-6,11H,1-2H2. The van der Waals surface area contributed by atoms with Gasteiger partial charge in [-0.2, -0.15) is 0 Å². The van der Waals surface area contributed by atoms with Crippen molar-refractivity contribution in [1.82, 2.24) is 0 Å². The van der Waals surface area contributed by atoms with Gasteiger partial charge in [0.25, 0.3) is 0 Å². The highest BCUT2D eigenvalue weighted by atomic mass is 32.2. The summed E-state index contributed by atoms with van der Waals surface area (Å²) in [4.78, 5) is 0.362. The third kappa shape index (κ3) is 2.05. The van der Waals surface area contributed by atoms with Crippen LogP contribution < -0.4 is 0 Å². The molecule has 1 aromatic carbocycles. The minimum absolute atomic E-state index is 0.362. The summed E-state index contributed by atoms with van der Waals surface area (Å²) in [7, 11) is -2.45. The maximum atomic E-state index is 10.5. The molecule has 0 aliphatic carbocycles. The zero-order valence-electron chi connectivity index (χ0n) is 5.99. The van der Waals surface area contributed by atoms with Crippen molar-refractivity contribution < 1.29 is 8.42 Å². The second-order valence-corrected chi connectivity index (χ2v) is 3.21. The third-order valence-electron chi connectivity index (χ3n) is 1.41. The van der Waals surface area contributed by atoms with Crippen molar-refractivity contribution in [2.45, 2.75) is 11.3 Å². The van der Waals surface area contributed by atoms with Gasteiger partial charge in [-0.3, -0.25) is 0 Å². The second kappa shape index (κ2) is 3.53. The van der Waals surface area contributed by atoms with Crippen molar-refractivity contribution in [3.8, 4) is 0 Å².